The molecule has 2 N–H and O–H groups in total. The molecule has 2 amide bonds. The standard InChI is InChI=1S/C12H17N3O3/c1-8(16)14-10-7-9(5-6-13-10)15-11(17)18-12(2,3)4/h5-7H,1-4H3,(H2,13,14,15,16,17)/i1D3. The number of hydrogen-bond donors (Lipinski definition) is 2. The molecular formula is C12H17N3O3. The zero-order valence-corrected chi connectivity index (χ0v) is 10.4. The molecule has 0 unspecified atom stereocenters. The van der Waals surface area contributed by atoms with Crippen LogP contribution in [0.25, 0.3) is 0 Å². The van der Waals surface area contributed by atoms with E-state index in [-0.39, 0.29) is 5.82 Å². The van der Waals surface area contributed by atoms with E-state index in [2.05, 4.69) is 15.6 Å². The summed E-state index contributed by atoms with van der Waals surface area (Å²) in [6.45, 7) is 2.40. The maximum Gasteiger partial charge on any atom is 0.412 e. The Labute approximate surface area is 110 Å². The fraction of sp³-hybridized carbons (Fsp3) is 0.417. The van der Waals surface area contributed by atoms with Gasteiger partial charge in [-0.3, -0.25) is 10.1 Å². The van der Waals surface area contributed by atoms with Gasteiger partial charge < -0.3 is 10.1 Å². The Morgan fingerprint density at radius 2 is 2.11 bits per heavy atom. The number of rotatable bonds is 2. The van der Waals surface area contributed by atoms with Crippen molar-refractivity contribution in [3.05, 3.63) is 18.3 Å². The van der Waals surface area contributed by atoms with Crippen molar-refractivity contribution in [3.63, 3.8) is 0 Å². The van der Waals surface area contributed by atoms with Crippen LogP contribution in [0.2, 0.25) is 0 Å². The maximum atomic E-state index is 11.6. The molecular weight excluding hydrogens is 234 g/mol. The number of aromatic nitrogens is 1. The van der Waals surface area contributed by atoms with Crippen LogP contribution in [0.1, 0.15) is 31.7 Å². The van der Waals surface area contributed by atoms with Crippen LogP contribution in [0, 0.1) is 0 Å². The van der Waals surface area contributed by atoms with Crippen LogP contribution in [0.5, 0.6) is 0 Å². The minimum Gasteiger partial charge on any atom is -0.444 e. The van der Waals surface area contributed by atoms with Gasteiger partial charge in [0.05, 0.1) is 0 Å². The third kappa shape index (κ3) is 5.29. The molecule has 0 bridgehead atoms. The number of nitrogens with zero attached hydrogens (tertiary/aromatic N) is 1. The van der Waals surface area contributed by atoms with Crippen molar-refractivity contribution in [2.45, 2.75) is 33.2 Å². The highest BCUT2D eigenvalue weighted by atomic mass is 16.6. The van der Waals surface area contributed by atoms with Crippen molar-refractivity contribution in [2.75, 3.05) is 10.6 Å². The minimum atomic E-state index is -2.77. The molecule has 18 heavy (non-hydrogen) atoms. The first-order chi connectivity index (χ1) is 9.47. The smallest absolute Gasteiger partial charge is 0.412 e. The molecule has 0 spiro atoms. The highest BCUT2D eigenvalue weighted by Crippen LogP contribution is 2.14. The molecule has 1 aromatic heterocycles. The summed E-state index contributed by atoms with van der Waals surface area (Å²) < 4.78 is 25.9. The summed E-state index contributed by atoms with van der Waals surface area (Å²) in [6, 6.07) is 2.81. The lowest BCUT2D eigenvalue weighted by Crippen LogP contribution is -2.27. The second-order valence-corrected chi connectivity index (χ2v) is 4.51. The largest absolute Gasteiger partial charge is 0.444 e. The van der Waals surface area contributed by atoms with E-state index in [0.717, 1.165) is 0 Å². The van der Waals surface area contributed by atoms with E-state index < -0.39 is 24.5 Å². The zero-order chi connectivity index (χ0) is 16.3. The molecule has 0 radical (unpaired) electrons. The first-order valence-electron chi connectivity index (χ1n) is 6.75. The molecule has 0 saturated carbocycles. The van der Waals surface area contributed by atoms with Crippen molar-refractivity contribution >= 4 is 23.5 Å². The van der Waals surface area contributed by atoms with Crippen molar-refractivity contribution in [1.82, 2.24) is 4.98 Å². The van der Waals surface area contributed by atoms with Crippen molar-refractivity contribution in [3.8, 4) is 0 Å². The van der Waals surface area contributed by atoms with E-state index in [0.29, 0.717) is 5.69 Å². The highest BCUT2D eigenvalue weighted by Gasteiger charge is 2.16. The van der Waals surface area contributed by atoms with Gasteiger partial charge in [-0.2, -0.15) is 0 Å². The molecule has 6 heteroatoms. The quantitative estimate of drug-likeness (QED) is 0.849. The summed E-state index contributed by atoms with van der Waals surface area (Å²) in [7, 11) is 0. The third-order valence-corrected chi connectivity index (χ3v) is 1.65. The van der Waals surface area contributed by atoms with E-state index in [1.165, 1.54) is 18.3 Å². The lowest BCUT2D eigenvalue weighted by Gasteiger charge is -2.19. The SMILES string of the molecule is [2H]C([2H])([2H])C(=O)Nc1cc(NC(=O)OC(C)(C)C)ccn1. The molecule has 1 heterocycles. The van der Waals surface area contributed by atoms with E-state index >= 15 is 0 Å². The van der Waals surface area contributed by atoms with E-state index in [1.807, 2.05) is 0 Å². The second kappa shape index (κ2) is 5.48. The van der Waals surface area contributed by atoms with Crippen LogP contribution in [0.4, 0.5) is 16.3 Å². The summed E-state index contributed by atoms with van der Waals surface area (Å²) in [4.78, 5) is 26.7. The van der Waals surface area contributed by atoms with Crippen molar-refractivity contribution in [1.29, 1.82) is 0 Å². The summed E-state index contributed by atoms with van der Waals surface area (Å²) in [5.41, 5.74) is -0.324. The Morgan fingerprint density at radius 1 is 1.39 bits per heavy atom. The summed E-state index contributed by atoms with van der Waals surface area (Å²) >= 11 is 0. The van der Waals surface area contributed by atoms with Crippen molar-refractivity contribution < 1.29 is 18.4 Å². The fourth-order valence-electron chi connectivity index (χ4n) is 1.11. The Kier molecular flexibility index (Phi) is 3.01. The first kappa shape index (κ1) is 9.87. The number of ether oxygens (including phenoxy) is 1. The lowest BCUT2D eigenvalue weighted by molar-refractivity contribution is -0.114. The van der Waals surface area contributed by atoms with Gasteiger partial charge in [0.15, 0.2) is 0 Å². The summed E-state index contributed by atoms with van der Waals surface area (Å²) in [5.74, 6) is -1.13. The van der Waals surface area contributed by atoms with Gasteiger partial charge >= 0.3 is 6.09 Å². The van der Waals surface area contributed by atoms with Gasteiger partial charge in [0.2, 0.25) is 5.91 Å². The van der Waals surface area contributed by atoms with Gasteiger partial charge in [-0.05, 0) is 26.8 Å². The normalized spacial score (nSPS) is 13.8. The molecule has 0 atom stereocenters. The van der Waals surface area contributed by atoms with Gasteiger partial charge in [0.1, 0.15) is 11.4 Å². The molecule has 0 aromatic carbocycles. The van der Waals surface area contributed by atoms with Gasteiger partial charge in [-0.15, -0.1) is 0 Å². The topological polar surface area (TPSA) is 80.3 Å². The summed E-state index contributed by atoms with van der Waals surface area (Å²) in [5, 5.41) is 4.60. The molecule has 98 valence electrons. The van der Waals surface area contributed by atoms with Crippen LogP contribution >= 0.6 is 0 Å². The number of pyridine rings is 1. The molecule has 6 nitrogen and oxygen atoms in total. The monoisotopic (exact) mass is 254 g/mol. The van der Waals surface area contributed by atoms with E-state index in [1.54, 1.807) is 20.8 Å². The Bertz CT molecular complexity index is 539. The number of hydrogen-bond acceptors (Lipinski definition) is 4. The highest BCUT2D eigenvalue weighted by molar-refractivity contribution is 5.89. The molecule has 0 aliphatic rings. The molecule has 0 aliphatic carbocycles. The van der Waals surface area contributed by atoms with Crippen LogP contribution in [-0.4, -0.2) is 22.6 Å². The average molecular weight is 254 g/mol. The Balaban J connectivity index is 2.73. The second-order valence-electron chi connectivity index (χ2n) is 4.51. The predicted molar refractivity (Wildman–Crippen MR) is 68.4 cm³/mol. The Hall–Kier alpha value is -2.11. The Morgan fingerprint density at radius 3 is 2.72 bits per heavy atom. The fourth-order valence-corrected chi connectivity index (χ4v) is 1.11. The third-order valence-electron chi connectivity index (χ3n) is 1.65. The van der Waals surface area contributed by atoms with Gasteiger partial charge in [0, 0.05) is 28.9 Å². The predicted octanol–water partition coefficient (Wildman–Crippen LogP) is 2.39. The number of carbonyl (C=O) groups excluding carboxylic acids is 2. The lowest BCUT2D eigenvalue weighted by atomic mass is 10.2. The van der Waals surface area contributed by atoms with Crippen LogP contribution in [-0.2, 0) is 9.53 Å². The summed E-state index contributed by atoms with van der Waals surface area (Å²) in [6.07, 6.45) is 0.656. The van der Waals surface area contributed by atoms with Crippen LogP contribution < -0.4 is 10.6 Å². The van der Waals surface area contributed by atoms with E-state index in [4.69, 9.17) is 8.85 Å². The van der Waals surface area contributed by atoms with Gasteiger partial charge in [-0.25, -0.2) is 9.78 Å². The first-order valence-corrected chi connectivity index (χ1v) is 5.25. The molecule has 0 saturated heterocycles. The minimum absolute atomic E-state index is 0.0182. The maximum absolute atomic E-state index is 11.6. The van der Waals surface area contributed by atoms with Gasteiger partial charge in [0.25, 0.3) is 0 Å². The number of anilines is 2. The molecule has 0 aliphatic heterocycles. The molecule has 1 aromatic rings. The average Bonchev–Trinajstić information content (AvgIpc) is 2.25. The number of amides is 2. The zero-order valence-electron chi connectivity index (χ0n) is 13.4. The van der Waals surface area contributed by atoms with Crippen LogP contribution in [0.15, 0.2) is 18.3 Å². The number of nitrogens with one attached hydrogen (secondary N) is 2. The number of carbonyl (C=O) groups is 2. The van der Waals surface area contributed by atoms with E-state index in [9.17, 15) is 9.59 Å². The molecule has 1 rings (SSSR count). The molecule has 0 fully saturated rings. The van der Waals surface area contributed by atoms with Gasteiger partial charge in [-0.1, -0.05) is 0 Å². The van der Waals surface area contributed by atoms with Crippen molar-refractivity contribution in [2.24, 2.45) is 0 Å². The van der Waals surface area contributed by atoms with Crippen LogP contribution in [0.3, 0.4) is 0 Å².